The minimum absolute atomic E-state index is 0.0781. The Hall–Kier alpha value is -0.543. The maximum absolute atomic E-state index is 10.5. The molecule has 1 N–H and O–H groups in total. The van der Waals surface area contributed by atoms with Crippen LogP contribution >= 0.6 is 0 Å². The fourth-order valence-electron chi connectivity index (χ4n) is 3.32. The molecular formula is C19H34O2Si. The van der Waals surface area contributed by atoms with E-state index in [2.05, 4.69) is 53.8 Å². The normalized spacial score (nSPS) is 28.5. The zero-order valence-corrected chi connectivity index (χ0v) is 16.5. The summed E-state index contributed by atoms with van der Waals surface area (Å²) in [7, 11) is -1.81. The van der Waals surface area contributed by atoms with E-state index in [1.165, 1.54) is 17.6 Å². The third-order valence-electron chi connectivity index (χ3n) is 5.63. The summed E-state index contributed by atoms with van der Waals surface area (Å²) in [6, 6.07) is 0. The second kappa shape index (κ2) is 5.83. The molecule has 3 heteroatoms. The molecule has 0 spiro atoms. The van der Waals surface area contributed by atoms with E-state index in [-0.39, 0.29) is 16.6 Å². The van der Waals surface area contributed by atoms with Gasteiger partial charge in [0.2, 0.25) is 8.32 Å². The van der Waals surface area contributed by atoms with Crippen LogP contribution in [0.15, 0.2) is 23.0 Å². The number of rotatable bonds is 2. The third kappa shape index (κ3) is 3.86. The van der Waals surface area contributed by atoms with E-state index in [9.17, 15) is 5.11 Å². The minimum Gasteiger partial charge on any atom is -0.546 e. The molecule has 0 saturated heterocycles. The summed E-state index contributed by atoms with van der Waals surface area (Å²) in [5.74, 6) is 1.15. The molecule has 2 aliphatic carbocycles. The predicted molar refractivity (Wildman–Crippen MR) is 96.3 cm³/mol. The number of aliphatic hydroxyl groups is 1. The molecular weight excluding hydrogens is 288 g/mol. The highest BCUT2D eigenvalue weighted by Gasteiger charge is 2.41. The molecule has 0 aliphatic heterocycles. The van der Waals surface area contributed by atoms with Crippen molar-refractivity contribution in [1.29, 1.82) is 0 Å². The van der Waals surface area contributed by atoms with Crippen molar-refractivity contribution >= 4 is 8.32 Å². The Morgan fingerprint density at radius 2 is 1.86 bits per heavy atom. The van der Waals surface area contributed by atoms with E-state index in [4.69, 9.17) is 4.43 Å². The van der Waals surface area contributed by atoms with Crippen LogP contribution in [-0.2, 0) is 4.43 Å². The summed E-state index contributed by atoms with van der Waals surface area (Å²) in [4.78, 5) is 0. The van der Waals surface area contributed by atoms with E-state index in [1.807, 2.05) is 0 Å². The smallest absolute Gasteiger partial charge is 0.250 e. The van der Waals surface area contributed by atoms with Crippen LogP contribution in [0.2, 0.25) is 18.1 Å². The van der Waals surface area contributed by atoms with Crippen molar-refractivity contribution in [2.75, 3.05) is 0 Å². The van der Waals surface area contributed by atoms with Gasteiger partial charge in [0.05, 0.1) is 11.9 Å². The first-order valence-corrected chi connectivity index (χ1v) is 11.6. The lowest BCUT2D eigenvalue weighted by molar-refractivity contribution is 0.131. The SMILES string of the molecule is CC1(C)C/C(O[Si](C)(C)C(C)(C)C)=C\C2=C(CCC2)C(O)C1. The molecule has 0 radical (unpaired) electrons. The van der Waals surface area contributed by atoms with Gasteiger partial charge in [0.15, 0.2) is 0 Å². The molecule has 0 fully saturated rings. The molecule has 0 aromatic rings. The van der Waals surface area contributed by atoms with Crippen LogP contribution in [0.4, 0.5) is 0 Å². The average molecular weight is 323 g/mol. The molecule has 0 aromatic heterocycles. The van der Waals surface area contributed by atoms with E-state index >= 15 is 0 Å². The minimum atomic E-state index is -1.81. The van der Waals surface area contributed by atoms with Crippen molar-refractivity contribution in [3.05, 3.63) is 23.0 Å². The Morgan fingerprint density at radius 3 is 2.45 bits per heavy atom. The quantitative estimate of drug-likeness (QED) is 0.675. The summed E-state index contributed by atoms with van der Waals surface area (Å²) in [5, 5.41) is 10.8. The van der Waals surface area contributed by atoms with E-state index in [0.29, 0.717) is 0 Å². The van der Waals surface area contributed by atoms with Crippen LogP contribution in [0.25, 0.3) is 0 Å². The molecule has 0 aromatic carbocycles. The number of hydrogen-bond donors (Lipinski definition) is 1. The van der Waals surface area contributed by atoms with Crippen molar-refractivity contribution in [2.24, 2.45) is 5.41 Å². The molecule has 1 atom stereocenters. The van der Waals surface area contributed by atoms with Crippen molar-refractivity contribution in [3.8, 4) is 0 Å². The molecule has 1 unspecified atom stereocenters. The Labute approximate surface area is 137 Å². The lowest BCUT2D eigenvalue weighted by atomic mass is 9.79. The number of aliphatic hydroxyl groups excluding tert-OH is 1. The summed E-state index contributed by atoms with van der Waals surface area (Å²) >= 11 is 0. The summed E-state index contributed by atoms with van der Waals surface area (Å²) in [6.45, 7) is 16.0. The number of allylic oxidation sites excluding steroid dienone is 3. The summed E-state index contributed by atoms with van der Waals surface area (Å²) in [5.41, 5.74) is 2.69. The van der Waals surface area contributed by atoms with E-state index < -0.39 is 8.32 Å². The van der Waals surface area contributed by atoms with Gasteiger partial charge < -0.3 is 9.53 Å². The van der Waals surface area contributed by atoms with Crippen LogP contribution in [0.5, 0.6) is 0 Å². The molecule has 0 saturated carbocycles. The molecule has 0 heterocycles. The topological polar surface area (TPSA) is 29.5 Å². The van der Waals surface area contributed by atoms with Gasteiger partial charge in [-0.25, -0.2) is 0 Å². The maximum atomic E-state index is 10.5. The van der Waals surface area contributed by atoms with Crippen molar-refractivity contribution in [3.63, 3.8) is 0 Å². The highest BCUT2D eigenvalue weighted by atomic mass is 28.4. The molecule has 2 aliphatic rings. The molecule has 2 nitrogen and oxygen atoms in total. The fraction of sp³-hybridized carbons (Fsp3) is 0.789. The molecule has 22 heavy (non-hydrogen) atoms. The van der Waals surface area contributed by atoms with Gasteiger partial charge in [-0.15, -0.1) is 0 Å². The van der Waals surface area contributed by atoms with Crippen LogP contribution in [0.3, 0.4) is 0 Å². The van der Waals surface area contributed by atoms with Gasteiger partial charge >= 0.3 is 0 Å². The van der Waals surface area contributed by atoms with Gasteiger partial charge in [-0.05, 0) is 66.5 Å². The Bertz CT molecular complexity index is 492. The van der Waals surface area contributed by atoms with Gasteiger partial charge in [0.1, 0.15) is 0 Å². The van der Waals surface area contributed by atoms with Crippen LogP contribution in [0.1, 0.15) is 66.7 Å². The second-order valence-electron chi connectivity index (χ2n) is 9.44. The van der Waals surface area contributed by atoms with Crippen LogP contribution < -0.4 is 0 Å². The van der Waals surface area contributed by atoms with Gasteiger partial charge in [-0.3, -0.25) is 0 Å². The van der Waals surface area contributed by atoms with E-state index in [1.54, 1.807) is 0 Å². The zero-order valence-electron chi connectivity index (χ0n) is 15.5. The highest BCUT2D eigenvalue weighted by molar-refractivity contribution is 6.74. The van der Waals surface area contributed by atoms with Gasteiger partial charge in [-0.2, -0.15) is 0 Å². The predicted octanol–water partition coefficient (Wildman–Crippen LogP) is 5.55. The van der Waals surface area contributed by atoms with Gasteiger partial charge in [0.25, 0.3) is 0 Å². The van der Waals surface area contributed by atoms with Crippen molar-refractivity contribution < 1.29 is 9.53 Å². The lowest BCUT2D eigenvalue weighted by Gasteiger charge is -2.40. The largest absolute Gasteiger partial charge is 0.546 e. The first-order chi connectivity index (χ1) is 9.91. The average Bonchev–Trinajstić information content (AvgIpc) is 2.71. The number of hydrogen-bond acceptors (Lipinski definition) is 2. The molecule has 2 rings (SSSR count). The molecule has 126 valence electrons. The third-order valence-corrected chi connectivity index (χ3v) is 10.0. The Morgan fingerprint density at radius 1 is 1.23 bits per heavy atom. The van der Waals surface area contributed by atoms with Crippen LogP contribution in [0, 0.1) is 5.41 Å². The fourth-order valence-corrected chi connectivity index (χ4v) is 4.41. The van der Waals surface area contributed by atoms with E-state index in [0.717, 1.165) is 31.4 Å². The van der Waals surface area contributed by atoms with Gasteiger partial charge in [-0.1, -0.05) is 34.6 Å². The Balaban J connectivity index is 2.35. The summed E-state index contributed by atoms with van der Waals surface area (Å²) < 4.78 is 6.64. The monoisotopic (exact) mass is 322 g/mol. The maximum Gasteiger partial charge on any atom is 0.250 e. The van der Waals surface area contributed by atoms with Crippen molar-refractivity contribution in [1.82, 2.24) is 0 Å². The molecule has 0 bridgehead atoms. The second-order valence-corrected chi connectivity index (χ2v) is 14.2. The molecule has 0 amide bonds. The standard InChI is InChI=1S/C19H34O2Si/c1-18(2,3)22(6,7)21-15-11-14-9-8-10-16(14)17(20)13-19(4,5)12-15/h11,17,20H,8-10,12-13H2,1-7H3/b15-11+. The lowest BCUT2D eigenvalue weighted by Crippen LogP contribution is -2.41. The van der Waals surface area contributed by atoms with Crippen molar-refractivity contribution in [2.45, 2.75) is 91.0 Å². The van der Waals surface area contributed by atoms with Crippen LogP contribution in [-0.4, -0.2) is 19.5 Å². The Kier molecular flexibility index (Phi) is 4.72. The highest BCUT2D eigenvalue weighted by Crippen LogP contribution is 2.44. The van der Waals surface area contributed by atoms with Gasteiger partial charge in [0, 0.05) is 6.42 Å². The summed E-state index contributed by atoms with van der Waals surface area (Å²) in [6.07, 6.45) is 7.09. The first kappa shape index (κ1) is 17.8. The first-order valence-electron chi connectivity index (χ1n) is 8.71. The zero-order chi connectivity index (χ0) is 16.8.